The van der Waals surface area contributed by atoms with Crippen LogP contribution < -0.4 is 10.6 Å². The molecule has 4 N–H and O–H groups in total. The molecule has 0 aromatic rings. The lowest BCUT2D eigenvalue weighted by Crippen LogP contribution is -2.50. The summed E-state index contributed by atoms with van der Waals surface area (Å²) in [6.07, 6.45) is -2.09. The van der Waals surface area contributed by atoms with Gasteiger partial charge in [0.1, 0.15) is 0 Å². The molecule has 3 saturated heterocycles. The predicted molar refractivity (Wildman–Crippen MR) is 84.4 cm³/mol. The number of nitrogens with zero attached hydrogens (tertiary/aromatic N) is 1. The fourth-order valence-electron chi connectivity index (χ4n) is 3.25. The average molecular weight is 357 g/mol. The van der Waals surface area contributed by atoms with Gasteiger partial charge in [-0.1, -0.05) is 0 Å². The van der Waals surface area contributed by atoms with Crippen LogP contribution in [0.5, 0.6) is 0 Å². The zero-order valence-corrected chi connectivity index (χ0v) is 13.5. The number of carbonyl (C=O) groups excluding carboxylic acids is 2. The van der Waals surface area contributed by atoms with Gasteiger partial charge in [-0.05, 0) is 25.8 Å². The summed E-state index contributed by atoms with van der Waals surface area (Å²) >= 11 is 0. The van der Waals surface area contributed by atoms with Crippen LogP contribution in [0.15, 0.2) is 0 Å². The molecule has 4 atom stereocenters. The van der Waals surface area contributed by atoms with E-state index >= 15 is 0 Å². The maximum absolute atomic E-state index is 12.8. The van der Waals surface area contributed by atoms with Gasteiger partial charge >= 0.3 is 19.1 Å². The molecule has 3 fully saturated rings. The van der Waals surface area contributed by atoms with Crippen LogP contribution in [0.1, 0.15) is 22.0 Å². The van der Waals surface area contributed by atoms with Crippen molar-refractivity contribution in [1.29, 1.82) is 0 Å². The first-order valence-electron chi connectivity index (χ1n) is 9.27. The number of aliphatic carboxylic acids is 1. The van der Waals surface area contributed by atoms with Crippen LogP contribution in [0.3, 0.4) is 0 Å². The summed E-state index contributed by atoms with van der Waals surface area (Å²) in [6, 6.07) is -0.166. The van der Waals surface area contributed by atoms with E-state index in [-0.39, 0.29) is 12.6 Å². The number of rotatable bonds is 6. The zero-order valence-electron chi connectivity index (χ0n) is 15.5. The molecule has 138 valence electrons. The van der Waals surface area contributed by atoms with Gasteiger partial charge in [-0.25, -0.2) is 4.79 Å². The molecule has 0 aromatic carbocycles. The third-order valence-corrected chi connectivity index (χ3v) is 4.60. The highest BCUT2D eigenvalue weighted by Crippen LogP contribution is 2.26. The SMILES string of the molecule is [2H]C([2H])(N[C@@H]1CCNC1)C(=O)N1CCC[C@H]1B1OC(=O)C(C(O)C(=O)O)O1. The highest BCUT2D eigenvalue weighted by atomic mass is 16.7. The fraction of sp³-hybridized carbons (Fsp3) is 0.786. The number of nitrogens with one attached hydrogen (secondary N) is 2. The molecule has 2 unspecified atom stereocenters. The number of aliphatic hydroxyl groups excluding tert-OH is 1. The largest absolute Gasteiger partial charge is 0.552 e. The van der Waals surface area contributed by atoms with Gasteiger partial charge in [0.2, 0.25) is 5.91 Å². The summed E-state index contributed by atoms with van der Waals surface area (Å²) in [6.45, 7) is -0.735. The van der Waals surface area contributed by atoms with E-state index in [1.165, 1.54) is 4.90 Å². The predicted octanol–water partition coefficient (Wildman–Crippen LogP) is -2.66. The van der Waals surface area contributed by atoms with E-state index in [9.17, 15) is 19.5 Å². The van der Waals surface area contributed by atoms with Crippen LogP contribution >= 0.6 is 0 Å². The lowest BCUT2D eigenvalue weighted by molar-refractivity contribution is -0.157. The molecule has 11 heteroatoms. The summed E-state index contributed by atoms with van der Waals surface area (Å²) in [5.41, 5.74) is 0. The first-order valence-corrected chi connectivity index (χ1v) is 8.27. The maximum Gasteiger partial charge on any atom is 0.552 e. The van der Waals surface area contributed by atoms with Gasteiger partial charge in [0.25, 0.3) is 0 Å². The minimum absolute atomic E-state index is 0.166. The van der Waals surface area contributed by atoms with Crippen molar-refractivity contribution in [2.45, 2.75) is 43.5 Å². The van der Waals surface area contributed by atoms with Gasteiger partial charge in [-0.15, -0.1) is 0 Å². The molecule has 0 saturated carbocycles. The number of hydrogen-bond donors (Lipinski definition) is 4. The molecule has 3 rings (SSSR count). The van der Waals surface area contributed by atoms with Crippen molar-refractivity contribution >= 4 is 25.0 Å². The van der Waals surface area contributed by atoms with E-state index in [2.05, 4.69) is 10.6 Å². The Kier molecular flexibility index (Phi) is 4.78. The van der Waals surface area contributed by atoms with E-state index in [0.29, 0.717) is 25.8 Å². The number of amides is 1. The number of hydrogen-bond acceptors (Lipinski definition) is 8. The minimum Gasteiger partial charge on any atom is -0.506 e. The Bertz CT molecular complexity index is 620. The van der Waals surface area contributed by atoms with E-state index < -0.39 is 49.6 Å². The topological polar surface area (TPSA) is 137 Å². The first-order chi connectivity index (χ1) is 12.7. The molecular formula is C14H22BN3O7. The quantitative estimate of drug-likeness (QED) is 0.375. The normalized spacial score (nSPS) is 32.4. The number of aliphatic hydroxyl groups is 1. The minimum atomic E-state index is -2.30. The van der Waals surface area contributed by atoms with Gasteiger partial charge in [-0.2, -0.15) is 0 Å². The highest BCUT2D eigenvalue weighted by Gasteiger charge is 2.53. The Morgan fingerprint density at radius 1 is 1.52 bits per heavy atom. The van der Waals surface area contributed by atoms with Crippen LogP contribution in [0, 0.1) is 0 Å². The summed E-state index contributed by atoms with van der Waals surface area (Å²) < 4.78 is 26.5. The Hall–Kier alpha value is -1.69. The summed E-state index contributed by atoms with van der Waals surface area (Å²) in [5.74, 6) is -4.18. The second kappa shape index (κ2) is 7.69. The molecule has 3 aliphatic rings. The van der Waals surface area contributed by atoms with Crippen molar-refractivity contribution in [2.24, 2.45) is 0 Å². The third kappa shape index (κ3) is 3.95. The number of likely N-dealkylation sites (tertiary alicyclic amines) is 1. The molecule has 3 heterocycles. The van der Waals surface area contributed by atoms with Gasteiger partial charge in [0.05, 0.1) is 15.2 Å². The number of carboxylic acids is 1. The van der Waals surface area contributed by atoms with Gasteiger partial charge in [0.15, 0.2) is 12.2 Å². The van der Waals surface area contributed by atoms with Gasteiger partial charge in [-0.3, -0.25) is 9.59 Å². The van der Waals surface area contributed by atoms with Crippen LogP contribution in [0.25, 0.3) is 0 Å². The molecule has 1 amide bonds. The highest BCUT2D eigenvalue weighted by molar-refractivity contribution is 6.51. The van der Waals surface area contributed by atoms with E-state index in [1.54, 1.807) is 0 Å². The van der Waals surface area contributed by atoms with Gasteiger partial charge < -0.3 is 35.1 Å². The van der Waals surface area contributed by atoms with Crippen LogP contribution in [-0.4, -0.2) is 90.4 Å². The van der Waals surface area contributed by atoms with Crippen molar-refractivity contribution in [2.75, 3.05) is 26.1 Å². The van der Waals surface area contributed by atoms with E-state index in [1.807, 2.05) is 0 Å². The fourth-order valence-corrected chi connectivity index (χ4v) is 3.25. The van der Waals surface area contributed by atoms with Crippen molar-refractivity contribution in [3.8, 4) is 0 Å². The second-order valence-corrected chi connectivity index (χ2v) is 6.31. The lowest BCUT2D eigenvalue weighted by atomic mass is 9.77. The second-order valence-electron chi connectivity index (χ2n) is 6.31. The third-order valence-electron chi connectivity index (χ3n) is 4.60. The first kappa shape index (κ1) is 15.6. The molecule has 10 nitrogen and oxygen atoms in total. The molecule has 3 aliphatic heterocycles. The molecular weight excluding hydrogens is 333 g/mol. The molecule has 0 spiro atoms. The Labute approximate surface area is 147 Å². The smallest absolute Gasteiger partial charge is 0.506 e. The van der Waals surface area contributed by atoms with Gasteiger partial charge in [0, 0.05) is 19.1 Å². The Morgan fingerprint density at radius 3 is 3.00 bits per heavy atom. The van der Waals surface area contributed by atoms with E-state index in [0.717, 1.165) is 6.54 Å². The van der Waals surface area contributed by atoms with Crippen molar-refractivity contribution in [1.82, 2.24) is 15.5 Å². The Balaban J connectivity index is 1.67. The molecule has 25 heavy (non-hydrogen) atoms. The monoisotopic (exact) mass is 357 g/mol. The molecule has 0 aromatic heterocycles. The van der Waals surface area contributed by atoms with E-state index in [4.69, 9.17) is 17.2 Å². The number of carboxylic acid groups (broad SMARTS) is 1. The van der Waals surface area contributed by atoms with Crippen LogP contribution in [0.4, 0.5) is 0 Å². The molecule has 0 aliphatic carbocycles. The van der Waals surface area contributed by atoms with Crippen LogP contribution in [0.2, 0.25) is 0 Å². The Morgan fingerprint density at radius 2 is 2.32 bits per heavy atom. The standard InChI is InChI=1S/C14H22BN3O7/c19-10(7-17-8-3-4-16-6-8)18-5-1-2-9(18)15-24-12(14(23)25-15)11(20)13(21)22/h8-9,11-12,16-17,20H,1-7H2,(H,21,22)/t8-,9+,11?,12?/m1/s1/i7D2. The number of carbonyl (C=O) groups is 3. The average Bonchev–Trinajstić information content (AvgIpc) is 3.33. The maximum atomic E-state index is 12.8. The van der Waals surface area contributed by atoms with Crippen molar-refractivity contribution in [3.63, 3.8) is 0 Å². The van der Waals surface area contributed by atoms with Crippen molar-refractivity contribution < 1.29 is 36.6 Å². The lowest BCUT2D eigenvalue weighted by Gasteiger charge is -2.26. The van der Waals surface area contributed by atoms with Crippen LogP contribution in [-0.2, 0) is 23.7 Å². The summed E-state index contributed by atoms with van der Waals surface area (Å²) in [7, 11) is -1.24. The van der Waals surface area contributed by atoms with Crippen molar-refractivity contribution in [3.05, 3.63) is 0 Å². The summed E-state index contributed by atoms with van der Waals surface area (Å²) in [4.78, 5) is 36.7. The molecule has 0 radical (unpaired) electrons. The summed E-state index contributed by atoms with van der Waals surface area (Å²) in [5, 5.41) is 24.2. The zero-order chi connectivity index (χ0) is 19.8. The molecule has 0 bridgehead atoms.